The van der Waals surface area contributed by atoms with Crippen LogP contribution in [-0.2, 0) is 0 Å². The number of hydrogen-bond donors (Lipinski definition) is 2. The van der Waals surface area contributed by atoms with E-state index in [9.17, 15) is 5.11 Å². The fourth-order valence-corrected chi connectivity index (χ4v) is 1.88. The summed E-state index contributed by atoms with van der Waals surface area (Å²) in [6.45, 7) is 7.63. The highest BCUT2D eigenvalue weighted by atomic mass is 16.3. The van der Waals surface area contributed by atoms with E-state index in [1.807, 2.05) is 32.0 Å². The van der Waals surface area contributed by atoms with Gasteiger partial charge in [-0.3, -0.25) is 0 Å². The van der Waals surface area contributed by atoms with Crippen molar-refractivity contribution < 1.29 is 5.11 Å². The summed E-state index contributed by atoms with van der Waals surface area (Å²) in [7, 11) is 0. The van der Waals surface area contributed by atoms with E-state index in [1.165, 1.54) is 11.1 Å². The molecule has 2 N–H and O–H groups in total. The second-order valence-electron chi connectivity index (χ2n) is 4.94. The third kappa shape index (κ3) is 5.03. The summed E-state index contributed by atoms with van der Waals surface area (Å²) >= 11 is 0. The van der Waals surface area contributed by atoms with E-state index in [2.05, 4.69) is 30.4 Å². The van der Waals surface area contributed by atoms with Gasteiger partial charge in [0.2, 0.25) is 0 Å². The molecule has 2 nitrogen and oxygen atoms in total. The van der Waals surface area contributed by atoms with Crippen LogP contribution in [0.1, 0.15) is 39.2 Å². The van der Waals surface area contributed by atoms with Gasteiger partial charge in [0, 0.05) is 13.1 Å². The maximum atomic E-state index is 10.1. The highest BCUT2D eigenvalue weighted by Gasteiger charge is 2.20. The van der Waals surface area contributed by atoms with Crippen LogP contribution in [0.5, 0.6) is 0 Å². The van der Waals surface area contributed by atoms with E-state index in [4.69, 9.17) is 0 Å². The third-order valence-corrected chi connectivity index (χ3v) is 3.39. The van der Waals surface area contributed by atoms with Crippen molar-refractivity contribution in [2.75, 3.05) is 13.1 Å². The molecule has 0 radical (unpaired) electrons. The second-order valence-corrected chi connectivity index (χ2v) is 4.94. The normalized spacial score (nSPS) is 12.8. The Labute approximate surface area is 111 Å². The highest BCUT2D eigenvalue weighted by Crippen LogP contribution is 2.13. The van der Waals surface area contributed by atoms with Crippen LogP contribution in [-0.4, -0.2) is 23.8 Å². The predicted molar refractivity (Wildman–Crippen MR) is 78.5 cm³/mol. The van der Waals surface area contributed by atoms with Crippen molar-refractivity contribution in [2.45, 2.75) is 39.2 Å². The van der Waals surface area contributed by atoms with E-state index in [0.29, 0.717) is 6.54 Å². The second kappa shape index (κ2) is 7.34. The molecule has 1 aromatic carbocycles. The van der Waals surface area contributed by atoms with Crippen molar-refractivity contribution >= 4 is 6.08 Å². The molecule has 100 valence electrons. The minimum Gasteiger partial charge on any atom is -0.389 e. The monoisotopic (exact) mass is 247 g/mol. The summed E-state index contributed by atoms with van der Waals surface area (Å²) in [5.74, 6) is 0. The van der Waals surface area contributed by atoms with E-state index >= 15 is 0 Å². The van der Waals surface area contributed by atoms with Gasteiger partial charge in [-0.25, -0.2) is 0 Å². The van der Waals surface area contributed by atoms with Crippen LogP contribution in [0.15, 0.2) is 35.9 Å². The molecule has 0 spiro atoms. The first-order chi connectivity index (χ1) is 8.59. The van der Waals surface area contributed by atoms with Gasteiger partial charge in [-0.15, -0.1) is 0 Å². The summed E-state index contributed by atoms with van der Waals surface area (Å²) < 4.78 is 0. The van der Waals surface area contributed by atoms with Crippen LogP contribution in [0.3, 0.4) is 0 Å². The molecule has 0 aliphatic rings. The molecule has 1 aromatic rings. The molecular weight excluding hydrogens is 222 g/mol. The van der Waals surface area contributed by atoms with Gasteiger partial charge in [0.15, 0.2) is 0 Å². The third-order valence-electron chi connectivity index (χ3n) is 3.39. The Morgan fingerprint density at radius 2 is 1.83 bits per heavy atom. The van der Waals surface area contributed by atoms with Gasteiger partial charge in [0.25, 0.3) is 0 Å². The average molecular weight is 247 g/mol. The minimum atomic E-state index is -0.562. The van der Waals surface area contributed by atoms with Gasteiger partial charge in [0.05, 0.1) is 5.60 Å². The van der Waals surface area contributed by atoms with Crippen LogP contribution < -0.4 is 5.32 Å². The van der Waals surface area contributed by atoms with Gasteiger partial charge in [0.1, 0.15) is 0 Å². The highest BCUT2D eigenvalue weighted by molar-refractivity contribution is 5.52. The van der Waals surface area contributed by atoms with Crippen LogP contribution in [0.4, 0.5) is 0 Å². The summed E-state index contributed by atoms with van der Waals surface area (Å²) in [6.07, 6.45) is 3.75. The number of nitrogens with one attached hydrogen (secondary N) is 1. The number of benzene rings is 1. The number of rotatable bonds is 7. The molecule has 1 rings (SSSR count). The Morgan fingerprint density at radius 3 is 2.39 bits per heavy atom. The van der Waals surface area contributed by atoms with Gasteiger partial charge < -0.3 is 10.4 Å². The molecule has 0 heterocycles. The molecule has 0 saturated carbocycles. The fraction of sp³-hybridized carbons (Fsp3) is 0.500. The van der Waals surface area contributed by atoms with E-state index in [1.54, 1.807) is 0 Å². The van der Waals surface area contributed by atoms with Gasteiger partial charge >= 0.3 is 0 Å². The first-order valence-electron chi connectivity index (χ1n) is 6.75. The minimum absolute atomic E-state index is 0.562. The zero-order valence-electron chi connectivity index (χ0n) is 11.7. The molecular formula is C16H25NO. The lowest BCUT2D eigenvalue weighted by Crippen LogP contribution is -2.39. The van der Waals surface area contributed by atoms with Crippen molar-refractivity contribution in [3.63, 3.8) is 0 Å². The zero-order chi connectivity index (χ0) is 13.4. The first kappa shape index (κ1) is 14.9. The van der Waals surface area contributed by atoms with Gasteiger partial charge in [-0.05, 0) is 25.3 Å². The molecule has 0 bridgehead atoms. The topological polar surface area (TPSA) is 32.3 Å². The van der Waals surface area contributed by atoms with Crippen molar-refractivity contribution in [2.24, 2.45) is 0 Å². The zero-order valence-corrected chi connectivity index (χ0v) is 11.7. The molecule has 0 aliphatic heterocycles. The Hall–Kier alpha value is -1.12. The standard InChI is InChI=1S/C16H25NO/c1-4-16(18,5-2)13-17-12-14(3)11-15-9-7-6-8-10-15/h6-11,17-18H,4-5,12-13H2,1-3H3/b14-11+. The van der Waals surface area contributed by atoms with E-state index in [0.717, 1.165) is 19.4 Å². The lowest BCUT2D eigenvalue weighted by atomic mass is 9.97. The van der Waals surface area contributed by atoms with Crippen LogP contribution >= 0.6 is 0 Å². The summed E-state index contributed by atoms with van der Waals surface area (Å²) in [5, 5.41) is 13.5. The molecule has 18 heavy (non-hydrogen) atoms. The fourth-order valence-electron chi connectivity index (χ4n) is 1.88. The van der Waals surface area contributed by atoms with Crippen LogP contribution in [0, 0.1) is 0 Å². The van der Waals surface area contributed by atoms with Crippen molar-refractivity contribution in [1.82, 2.24) is 5.32 Å². The maximum Gasteiger partial charge on any atom is 0.0766 e. The average Bonchev–Trinajstić information content (AvgIpc) is 2.39. The quantitative estimate of drug-likeness (QED) is 0.775. The van der Waals surface area contributed by atoms with E-state index < -0.39 is 5.60 Å². The molecule has 0 aliphatic carbocycles. The predicted octanol–water partition coefficient (Wildman–Crippen LogP) is 3.23. The molecule has 0 amide bonds. The smallest absolute Gasteiger partial charge is 0.0766 e. The van der Waals surface area contributed by atoms with Gasteiger partial charge in [-0.1, -0.05) is 55.8 Å². The summed E-state index contributed by atoms with van der Waals surface area (Å²) in [4.78, 5) is 0. The Morgan fingerprint density at radius 1 is 1.22 bits per heavy atom. The Balaban J connectivity index is 2.42. The Kier molecular flexibility index (Phi) is 6.10. The summed E-state index contributed by atoms with van der Waals surface area (Å²) in [6, 6.07) is 10.3. The Bertz CT molecular complexity index is 366. The largest absolute Gasteiger partial charge is 0.389 e. The molecule has 0 unspecified atom stereocenters. The van der Waals surface area contributed by atoms with Crippen LogP contribution in [0.25, 0.3) is 6.08 Å². The van der Waals surface area contributed by atoms with Crippen molar-refractivity contribution in [1.29, 1.82) is 0 Å². The van der Waals surface area contributed by atoms with Crippen LogP contribution in [0.2, 0.25) is 0 Å². The van der Waals surface area contributed by atoms with Crippen molar-refractivity contribution in [3.05, 3.63) is 41.5 Å². The lowest BCUT2D eigenvalue weighted by Gasteiger charge is -2.25. The van der Waals surface area contributed by atoms with E-state index in [-0.39, 0.29) is 0 Å². The maximum absolute atomic E-state index is 10.1. The van der Waals surface area contributed by atoms with Gasteiger partial charge in [-0.2, -0.15) is 0 Å². The summed E-state index contributed by atoms with van der Waals surface area (Å²) in [5.41, 5.74) is 1.93. The molecule has 0 saturated heterocycles. The number of hydrogen-bond acceptors (Lipinski definition) is 2. The molecule has 0 aromatic heterocycles. The van der Waals surface area contributed by atoms with Crippen molar-refractivity contribution in [3.8, 4) is 0 Å². The lowest BCUT2D eigenvalue weighted by molar-refractivity contribution is 0.0334. The number of aliphatic hydroxyl groups is 1. The molecule has 0 atom stereocenters. The molecule has 0 fully saturated rings. The molecule has 2 heteroatoms. The first-order valence-corrected chi connectivity index (χ1v) is 6.75. The SMILES string of the molecule is CCC(O)(CC)CNC/C(C)=C/c1ccccc1.